The van der Waals surface area contributed by atoms with Crippen LogP contribution < -0.4 is 4.72 Å². The van der Waals surface area contributed by atoms with Crippen LogP contribution in [0.1, 0.15) is 39.3 Å². The third kappa shape index (κ3) is 4.26. The summed E-state index contributed by atoms with van der Waals surface area (Å²) < 4.78 is 14.6. The van der Waals surface area contributed by atoms with Crippen LogP contribution in [0.2, 0.25) is 10.3 Å². The SMILES string of the molecule is CC(N[S@+]([O-])C(C)(C)C)c1cc(Cl)nnc1Cl. The first-order chi connectivity index (χ1) is 7.71. The molecule has 0 aliphatic heterocycles. The van der Waals surface area contributed by atoms with Gasteiger partial charge in [-0.05, 0) is 33.8 Å². The lowest BCUT2D eigenvalue weighted by Crippen LogP contribution is -2.40. The predicted octanol–water partition coefficient (Wildman–Crippen LogP) is 2.90. The van der Waals surface area contributed by atoms with Crippen LogP contribution in [0.5, 0.6) is 0 Å². The van der Waals surface area contributed by atoms with E-state index in [0.29, 0.717) is 5.56 Å². The van der Waals surface area contributed by atoms with Crippen molar-refractivity contribution in [1.82, 2.24) is 14.9 Å². The fourth-order valence-electron chi connectivity index (χ4n) is 1.07. The van der Waals surface area contributed by atoms with Crippen LogP contribution in [-0.4, -0.2) is 19.5 Å². The maximum Gasteiger partial charge on any atom is 0.156 e. The smallest absolute Gasteiger partial charge is 0.156 e. The fraction of sp³-hybridized carbons (Fsp3) is 0.600. The predicted molar refractivity (Wildman–Crippen MR) is 71.5 cm³/mol. The molecule has 0 bridgehead atoms. The van der Waals surface area contributed by atoms with Gasteiger partial charge in [-0.3, -0.25) is 0 Å². The number of aromatic nitrogens is 2. The molecule has 2 atom stereocenters. The summed E-state index contributed by atoms with van der Waals surface area (Å²) in [5, 5.41) is 7.87. The van der Waals surface area contributed by atoms with E-state index in [9.17, 15) is 4.55 Å². The molecule has 0 radical (unpaired) electrons. The topological polar surface area (TPSA) is 60.9 Å². The molecular formula is C10H15Cl2N3OS. The third-order valence-corrected chi connectivity index (χ3v) is 4.21. The summed E-state index contributed by atoms with van der Waals surface area (Å²) in [5.74, 6) is 0. The minimum Gasteiger partial charge on any atom is -0.598 e. The Labute approximate surface area is 114 Å². The van der Waals surface area contributed by atoms with E-state index in [4.69, 9.17) is 23.2 Å². The first kappa shape index (κ1) is 15.0. The zero-order valence-corrected chi connectivity index (χ0v) is 12.4. The van der Waals surface area contributed by atoms with Crippen molar-refractivity contribution >= 4 is 34.6 Å². The number of hydrogen-bond acceptors (Lipinski definition) is 4. The molecule has 4 nitrogen and oxygen atoms in total. The summed E-state index contributed by atoms with van der Waals surface area (Å²) in [6, 6.07) is 1.41. The van der Waals surface area contributed by atoms with Crippen molar-refractivity contribution in [3.05, 3.63) is 21.9 Å². The highest BCUT2D eigenvalue weighted by atomic mass is 35.5. The van der Waals surface area contributed by atoms with Gasteiger partial charge in [0.15, 0.2) is 10.3 Å². The second-order valence-corrected chi connectivity index (χ2v) is 7.38. The lowest BCUT2D eigenvalue weighted by molar-refractivity contribution is 0.531. The van der Waals surface area contributed by atoms with E-state index >= 15 is 0 Å². The van der Waals surface area contributed by atoms with Gasteiger partial charge < -0.3 is 4.55 Å². The molecule has 0 aliphatic carbocycles. The van der Waals surface area contributed by atoms with Crippen LogP contribution in [0.4, 0.5) is 0 Å². The van der Waals surface area contributed by atoms with Crippen molar-refractivity contribution in [3.8, 4) is 0 Å². The highest BCUT2D eigenvalue weighted by molar-refractivity contribution is 7.90. The number of rotatable bonds is 3. The van der Waals surface area contributed by atoms with Gasteiger partial charge in [-0.25, -0.2) is 0 Å². The molecule has 17 heavy (non-hydrogen) atoms. The van der Waals surface area contributed by atoms with Gasteiger partial charge in [-0.2, -0.15) is 0 Å². The molecule has 1 aromatic rings. The Bertz CT molecular complexity index is 398. The van der Waals surface area contributed by atoms with Gasteiger partial charge >= 0.3 is 0 Å². The number of hydrogen-bond donors (Lipinski definition) is 1. The van der Waals surface area contributed by atoms with Crippen LogP contribution in [0.3, 0.4) is 0 Å². The van der Waals surface area contributed by atoms with Crippen molar-refractivity contribution in [2.24, 2.45) is 0 Å². The molecule has 1 heterocycles. The third-order valence-electron chi connectivity index (χ3n) is 2.05. The molecule has 1 N–H and O–H groups in total. The summed E-state index contributed by atoms with van der Waals surface area (Å²) in [6.45, 7) is 7.52. The van der Waals surface area contributed by atoms with E-state index in [1.165, 1.54) is 0 Å². The Balaban J connectivity index is 2.83. The largest absolute Gasteiger partial charge is 0.598 e. The zero-order chi connectivity index (χ0) is 13.2. The summed E-state index contributed by atoms with van der Waals surface area (Å²) in [5.41, 5.74) is 0.685. The molecule has 0 spiro atoms. The Morgan fingerprint density at radius 1 is 1.35 bits per heavy atom. The minimum absolute atomic E-state index is 0.212. The average molecular weight is 296 g/mol. The molecular weight excluding hydrogens is 281 g/mol. The summed E-state index contributed by atoms with van der Waals surface area (Å²) >= 11 is 10.5. The second kappa shape index (κ2) is 5.71. The van der Waals surface area contributed by atoms with Crippen LogP contribution >= 0.6 is 23.2 Å². The Morgan fingerprint density at radius 2 is 1.94 bits per heavy atom. The lowest BCUT2D eigenvalue weighted by Gasteiger charge is -2.26. The second-order valence-electron chi connectivity index (χ2n) is 4.63. The average Bonchev–Trinajstić information content (AvgIpc) is 2.20. The molecule has 96 valence electrons. The Morgan fingerprint density at radius 3 is 2.47 bits per heavy atom. The Kier molecular flexibility index (Phi) is 5.04. The molecule has 1 aromatic heterocycles. The van der Waals surface area contributed by atoms with E-state index in [0.717, 1.165) is 0 Å². The van der Waals surface area contributed by atoms with Gasteiger partial charge in [0.1, 0.15) is 4.75 Å². The van der Waals surface area contributed by atoms with E-state index < -0.39 is 11.4 Å². The van der Waals surface area contributed by atoms with Crippen molar-refractivity contribution < 1.29 is 4.55 Å². The summed E-state index contributed by atoms with van der Waals surface area (Å²) in [7, 11) is 0. The van der Waals surface area contributed by atoms with Gasteiger partial charge in [0.25, 0.3) is 0 Å². The van der Waals surface area contributed by atoms with E-state index in [1.807, 2.05) is 27.7 Å². The molecule has 0 aromatic carbocycles. The van der Waals surface area contributed by atoms with Gasteiger partial charge in [0.05, 0.1) is 6.04 Å². The van der Waals surface area contributed by atoms with Crippen molar-refractivity contribution in [2.75, 3.05) is 0 Å². The maximum absolute atomic E-state index is 11.9. The molecule has 0 saturated heterocycles. The molecule has 1 rings (SSSR count). The van der Waals surface area contributed by atoms with E-state index in [2.05, 4.69) is 14.9 Å². The first-order valence-electron chi connectivity index (χ1n) is 5.08. The van der Waals surface area contributed by atoms with Gasteiger partial charge in [-0.15, -0.1) is 14.9 Å². The van der Waals surface area contributed by atoms with E-state index in [-0.39, 0.29) is 21.1 Å². The van der Waals surface area contributed by atoms with Crippen LogP contribution in [-0.2, 0) is 11.4 Å². The van der Waals surface area contributed by atoms with Crippen molar-refractivity contribution in [1.29, 1.82) is 0 Å². The fourth-order valence-corrected chi connectivity index (χ4v) is 2.28. The quantitative estimate of drug-likeness (QED) is 0.871. The minimum atomic E-state index is -1.18. The molecule has 1 unspecified atom stereocenters. The van der Waals surface area contributed by atoms with Crippen molar-refractivity contribution in [2.45, 2.75) is 38.5 Å². The monoisotopic (exact) mass is 295 g/mol. The standard InChI is InChI=1S/C10H15Cl2N3OS/c1-6(15-17(16)10(2,3)4)7-5-8(11)13-14-9(7)12/h5-6,15H,1-4H3/t6?,17-/m1/s1. The zero-order valence-electron chi connectivity index (χ0n) is 10.1. The number of nitrogens with one attached hydrogen (secondary N) is 1. The van der Waals surface area contributed by atoms with Gasteiger partial charge in [-0.1, -0.05) is 23.2 Å². The molecule has 0 saturated carbocycles. The van der Waals surface area contributed by atoms with Crippen LogP contribution in [0.15, 0.2) is 6.07 Å². The van der Waals surface area contributed by atoms with Crippen molar-refractivity contribution in [3.63, 3.8) is 0 Å². The lowest BCUT2D eigenvalue weighted by atomic mass is 10.2. The maximum atomic E-state index is 11.9. The molecule has 0 amide bonds. The normalized spacial score (nSPS) is 15.7. The molecule has 7 heteroatoms. The summed E-state index contributed by atoms with van der Waals surface area (Å²) in [4.78, 5) is 0. The van der Waals surface area contributed by atoms with Crippen LogP contribution in [0, 0.1) is 0 Å². The van der Waals surface area contributed by atoms with Gasteiger partial charge in [0, 0.05) is 16.9 Å². The number of halogens is 2. The highest BCUT2D eigenvalue weighted by Gasteiger charge is 2.29. The van der Waals surface area contributed by atoms with E-state index in [1.54, 1.807) is 6.07 Å². The first-order valence-corrected chi connectivity index (χ1v) is 6.99. The van der Waals surface area contributed by atoms with Gasteiger partial charge in [0.2, 0.25) is 0 Å². The molecule has 0 fully saturated rings. The summed E-state index contributed by atoms with van der Waals surface area (Å²) in [6.07, 6.45) is 0. The Hall–Kier alpha value is -0.0700. The molecule has 0 aliphatic rings. The van der Waals surface area contributed by atoms with Crippen LogP contribution in [0.25, 0.3) is 0 Å². The highest BCUT2D eigenvalue weighted by Crippen LogP contribution is 2.25. The number of nitrogens with zero attached hydrogens (tertiary/aromatic N) is 2.